The molecule has 0 spiro atoms. The van der Waals surface area contributed by atoms with Gasteiger partial charge < -0.3 is 5.32 Å². The number of benzene rings is 1. The summed E-state index contributed by atoms with van der Waals surface area (Å²) in [6.07, 6.45) is 2.61. The van der Waals surface area contributed by atoms with Crippen molar-refractivity contribution >= 4 is 45.3 Å². The van der Waals surface area contributed by atoms with E-state index in [4.69, 9.17) is 0 Å². The standard InChI is InChI=1S/C12H12IN3O2S/c1-8-7-15-12(19-8)4-5-14-10-3-2-9(13)6-11(10)16(17)18/h2-3,6-7,14H,4-5H2,1H3. The van der Waals surface area contributed by atoms with Crippen molar-refractivity contribution in [2.75, 3.05) is 11.9 Å². The topological polar surface area (TPSA) is 68.1 Å². The van der Waals surface area contributed by atoms with Gasteiger partial charge in [-0.25, -0.2) is 4.98 Å². The number of halogens is 1. The monoisotopic (exact) mass is 389 g/mol. The van der Waals surface area contributed by atoms with Crippen molar-refractivity contribution in [1.29, 1.82) is 0 Å². The fraction of sp³-hybridized carbons (Fsp3) is 0.250. The second kappa shape index (κ2) is 6.29. The van der Waals surface area contributed by atoms with Gasteiger partial charge >= 0.3 is 0 Å². The van der Waals surface area contributed by atoms with Crippen molar-refractivity contribution < 1.29 is 4.92 Å². The predicted octanol–water partition coefficient (Wildman–Crippen LogP) is 3.62. The maximum absolute atomic E-state index is 11.0. The molecular formula is C12H12IN3O2S. The van der Waals surface area contributed by atoms with Crippen LogP contribution in [0.2, 0.25) is 0 Å². The van der Waals surface area contributed by atoms with Gasteiger partial charge in [-0.15, -0.1) is 11.3 Å². The molecule has 100 valence electrons. The van der Waals surface area contributed by atoms with Crippen LogP contribution in [-0.4, -0.2) is 16.5 Å². The zero-order valence-electron chi connectivity index (χ0n) is 10.2. The summed E-state index contributed by atoms with van der Waals surface area (Å²) in [5.74, 6) is 0. The van der Waals surface area contributed by atoms with Crippen LogP contribution in [0.5, 0.6) is 0 Å². The number of nitro benzene ring substituents is 1. The van der Waals surface area contributed by atoms with Gasteiger partial charge in [-0.05, 0) is 41.6 Å². The quantitative estimate of drug-likeness (QED) is 0.482. The van der Waals surface area contributed by atoms with Gasteiger partial charge in [0, 0.05) is 33.7 Å². The van der Waals surface area contributed by atoms with Crippen molar-refractivity contribution in [3.8, 4) is 0 Å². The Hall–Kier alpha value is -1.22. The highest BCUT2D eigenvalue weighted by atomic mass is 127. The molecule has 0 aliphatic rings. The zero-order chi connectivity index (χ0) is 13.8. The largest absolute Gasteiger partial charge is 0.379 e. The lowest BCUT2D eigenvalue weighted by atomic mass is 10.2. The molecule has 1 heterocycles. The van der Waals surface area contributed by atoms with Gasteiger partial charge in [-0.1, -0.05) is 0 Å². The summed E-state index contributed by atoms with van der Waals surface area (Å²) in [7, 11) is 0. The fourth-order valence-electron chi connectivity index (χ4n) is 1.63. The van der Waals surface area contributed by atoms with Crippen molar-refractivity contribution in [1.82, 2.24) is 4.98 Å². The minimum absolute atomic E-state index is 0.113. The van der Waals surface area contributed by atoms with Gasteiger partial charge in [0.15, 0.2) is 0 Å². The Bertz CT molecular complexity index is 600. The minimum atomic E-state index is -0.363. The Balaban J connectivity index is 2.01. The first-order valence-electron chi connectivity index (χ1n) is 5.65. The highest BCUT2D eigenvalue weighted by Crippen LogP contribution is 2.26. The summed E-state index contributed by atoms with van der Waals surface area (Å²) in [5, 5.41) is 15.1. The molecule has 0 unspecified atom stereocenters. The maximum atomic E-state index is 11.0. The molecule has 0 saturated carbocycles. The van der Waals surface area contributed by atoms with Crippen molar-refractivity contribution in [3.63, 3.8) is 0 Å². The Kier molecular flexibility index (Phi) is 4.70. The number of aromatic nitrogens is 1. The van der Waals surface area contributed by atoms with E-state index in [1.165, 1.54) is 4.88 Å². The molecule has 0 atom stereocenters. The number of hydrogen-bond donors (Lipinski definition) is 1. The molecule has 5 nitrogen and oxygen atoms in total. The lowest BCUT2D eigenvalue weighted by molar-refractivity contribution is -0.384. The summed E-state index contributed by atoms with van der Waals surface area (Å²) in [6, 6.07) is 5.16. The number of hydrogen-bond acceptors (Lipinski definition) is 5. The molecule has 2 rings (SSSR count). The van der Waals surface area contributed by atoms with Crippen LogP contribution in [0.3, 0.4) is 0 Å². The number of thiazole rings is 1. The molecule has 2 aromatic rings. The average Bonchev–Trinajstić information content (AvgIpc) is 2.77. The summed E-state index contributed by atoms with van der Waals surface area (Å²) in [6.45, 7) is 2.65. The van der Waals surface area contributed by atoms with Gasteiger partial charge in [0.25, 0.3) is 5.69 Å². The molecule has 0 aliphatic carbocycles. The van der Waals surface area contributed by atoms with Crippen LogP contribution in [0.1, 0.15) is 9.88 Å². The number of aryl methyl sites for hydroxylation is 1. The van der Waals surface area contributed by atoms with E-state index in [1.54, 1.807) is 23.5 Å². The first kappa shape index (κ1) is 14.2. The lowest BCUT2D eigenvalue weighted by Gasteiger charge is -2.06. The second-order valence-electron chi connectivity index (χ2n) is 3.96. The van der Waals surface area contributed by atoms with Gasteiger partial charge in [0.2, 0.25) is 0 Å². The highest BCUT2D eigenvalue weighted by molar-refractivity contribution is 14.1. The van der Waals surface area contributed by atoms with Crippen LogP contribution in [0.15, 0.2) is 24.4 Å². The van der Waals surface area contributed by atoms with E-state index in [0.717, 1.165) is 15.0 Å². The third-order valence-electron chi connectivity index (χ3n) is 2.48. The molecule has 1 N–H and O–H groups in total. The fourth-order valence-corrected chi connectivity index (χ4v) is 2.89. The molecule has 1 aromatic carbocycles. The van der Waals surface area contributed by atoms with Crippen molar-refractivity contribution in [2.24, 2.45) is 0 Å². The van der Waals surface area contributed by atoms with E-state index in [-0.39, 0.29) is 10.6 Å². The number of nitro groups is 1. The number of rotatable bonds is 5. The molecule has 0 bridgehead atoms. The van der Waals surface area contributed by atoms with E-state index in [1.807, 2.05) is 19.2 Å². The van der Waals surface area contributed by atoms with Crippen LogP contribution in [0.4, 0.5) is 11.4 Å². The van der Waals surface area contributed by atoms with Gasteiger partial charge in [-0.2, -0.15) is 0 Å². The lowest BCUT2D eigenvalue weighted by Crippen LogP contribution is -2.06. The van der Waals surface area contributed by atoms with E-state index in [2.05, 4.69) is 32.9 Å². The van der Waals surface area contributed by atoms with Crippen LogP contribution >= 0.6 is 33.9 Å². The Labute approximate surface area is 128 Å². The first-order chi connectivity index (χ1) is 9.06. The molecule has 0 fully saturated rings. The molecule has 1 aromatic heterocycles. The molecule has 0 amide bonds. The third kappa shape index (κ3) is 3.87. The van der Waals surface area contributed by atoms with Crippen LogP contribution < -0.4 is 5.32 Å². The highest BCUT2D eigenvalue weighted by Gasteiger charge is 2.13. The number of nitrogens with one attached hydrogen (secondary N) is 1. The Morgan fingerprint density at radius 1 is 1.53 bits per heavy atom. The molecule has 7 heteroatoms. The van der Waals surface area contributed by atoms with E-state index in [9.17, 15) is 10.1 Å². The zero-order valence-corrected chi connectivity index (χ0v) is 13.2. The molecule has 0 saturated heterocycles. The van der Waals surface area contributed by atoms with Gasteiger partial charge in [-0.3, -0.25) is 10.1 Å². The normalized spacial score (nSPS) is 10.4. The third-order valence-corrected chi connectivity index (χ3v) is 4.12. The average molecular weight is 389 g/mol. The minimum Gasteiger partial charge on any atom is -0.379 e. The smallest absolute Gasteiger partial charge is 0.293 e. The van der Waals surface area contributed by atoms with Crippen LogP contribution in [-0.2, 0) is 6.42 Å². The van der Waals surface area contributed by atoms with Gasteiger partial charge in [0.1, 0.15) is 5.69 Å². The first-order valence-corrected chi connectivity index (χ1v) is 7.55. The van der Waals surface area contributed by atoms with Gasteiger partial charge in [0.05, 0.1) is 9.93 Å². The maximum Gasteiger partial charge on any atom is 0.293 e. The van der Waals surface area contributed by atoms with Crippen LogP contribution in [0, 0.1) is 20.6 Å². The Morgan fingerprint density at radius 3 is 2.95 bits per heavy atom. The summed E-state index contributed by atoms with van der Waals surface area (Å²) < 4.78 is 0.852. The van der Waals surface area contributed by atoms with E-state index < -0.39 is 0 Å². The van der Waals surface area contributed by atoms with E-state index in [0.29, 0.717) is 12.2 Å². The van der Waals surface area contributed by atoms with Crippen molar-refractivity contribution in [3.05, 3.63) is 48.0 Å². The van der Waals surface area contributed by atoms with E-state index >= 15 is 0 Å². The summed E-state index contributed by atoms with van der Waals surface area (Å²) >= 11 is 3.71. The summed E-state index contributed by atoms with van der Waals surface area (Å²) in [4.78, 5) is 16.0. The molecular weight excluding hydrogens is 377 g/mol. The van der Waals surface area contributed by atoms with Crippen molar-refractivity contribution in [2.45, 2.75) is 13.3 Å². The summed E-state index contributed by atoms with van der Waals surface area (Å²) in [5.41, 5.74) is 0.668. The Morgan fingerprint density at radius 2 is 2.32 bits per heavy atom. The number of nitrogens with zero attached hydrogens (tertiary/aromatic N) is 2. The predicted molar refractivity (Wildman–Crippen MR) is 84.9 cm³/mol. The second-order valence-corrected chi connectivity index (χ2v) is 6.52. The molecule has 0 radical (unpaired) electrons. The SMILES string of the molecule is Cc1cnc(CCNc2ccc(I)cc2[N+](=O)[O-])s1. The molecule has 19 heavy (non-hydrogen) atoms. The molecule has 0 aliphatic heterocycles. The van der Waals surface area contributed by atoms with Crippen LogP contribution in [0.25, 0.3) is 0 Å². The number of anilines is 1.